The Balaban J connectivity index is 2.16. The summed E-state index contributed by atoms with van der Waals surface area (Å²) in [6.07, 6.45) is 1.51. The van der Waals surface area contributed by atoms with Gasteiger partial charge in [0, 0.05) is 26.1 Å². The van der Waals surface area contributed by atoms with Crippen molar-refractivity contribution in [2.75, 3.05) is 30.8 Å². The molecule has 8 nitrogen and oxygen atoms in total. The monoisotopic (exact) mass is 503 g/mol. The SMILES string of the molecule is COc1ccccc1N(CCCC(=O)N(Cc1ccccc1)[C@@H](C)C(=O)NCC(C)C)S(C)(=O)=O. The first-order chi connectivity index (χ1) is 16.5. The van der Waals surface area contributed by atoms with Crippen molar-refractivity contribution in [3.05, 3.63) is 60.2 Å². The Kier molecular flexibility index (Phi) is 10.6. The molecule has 2 rings (SSSR count). The molecule has 2 aromatic carbocycles. The minimum absolute atomic E-state index is 0.0931. The van der Waals surface area contributed by atoms with Crippen LogP contribution in [0.2, 0.25) is 0 Å². The Labute approximate surface area is 209 Å². The molecule has 2 amide bonds. The molecule has 0 spiro atoms. The highest BCUT2D eigenvalue weighted by Crippen LogP contribution is 2.29. The van der Waals surface area contributed by atoms with Crippen molar-refractivity contribution in [3.63, 3.8) is 0 Å². The summed E-state index contributed by atoms with van der Waals surface area (Å²) in [7, 11) is -2.12. The maximum atomic E-state index is 13.3. The fourth-order valence-corrected chi connectivity index (χ4v) is 4.60. The lowest BCUT2D eigenvalue weighted by molar-refractivity contribution is -0.140. The van der Waals surface area contributed by atoms with E-state index in [0.29, 0.717) is 23.9 Å². The number of anilines is 1. The fraction of sp³-hybridized carbons (Fsp3) is 0.462. The van der Waals surface area contributed by atoms with Gasteiger partial charge in [-0.3, -0.25) is 13.9 Å². The molecule has 0 aliphatic heterocycles. The minimum atomic E-state index is -3.60. The molecule has 1 N–H and O–H groups in total. The van der Waals surface area contributed by atoms with E-state index in [1.165, 1.54) is 11.4 Å². The molecular formula is C26H37N3O5S. The molecule has 0 saturated heterocycles. The second kappa shape index (κ2) is 13.1. The molecule has 0 aliphatic carbocycles. The number of benzene rings is 2. The summed E-state index contributed by atoms with van der Waals surface area (Å²) in [6, 6.07) is 15.7. The van der Waals surface area contributed by atoms with Crippen molar-refractivity contribution in [3.8, 4) is 5.75 Å². The topological polar surface area (TPSA) is 96.0 Å². The van der Waals surface area contributed by atoms with Gasteiger partial charge in [0.25, 0.3) is 0 Å². The minimum Gasteiger partial charge on any atom is -0.495 e. The third kappa shape index (κ3) is 8.58. The van der Waals surface area contributed by atoms with Crippen molar-refractivity contribution in [1.82, 2.24) is 10.2 Å². The van der Waals surface area contributed by atoms with Crippen LogP contribution < -0.4 is 14.4 Å². The lowest BCUT2D eigenvalue weighted by atomic mass is 10.1. The second-order valence-corrected chi connectivity index (χ2v) is 10.8. The Hall–Kier alpha value is -3.07. The maximum absolute atomic E-state index is 13.3. The summed E-state index contributed by atoms with van der Waals surface area (Å²) in [4.78, 5) is 27.6. The molecule has 192 valence electrons. The number of hydrogen-bond acceptors (Lipinski definition) is 5. The molecule has 0 bridgehead atoms. The summed E-state index contributed by atoms with van der Waals surface area (Å²) in [5.74, 6) is 0.302. The average Bonchev–Trinajstić information content (AvgIpc) is 2.83. The molecule has 0 heterocycles. The zero-order valence-electron chi connectivity index (χ0n) is 21.2. The van der Waals surface area contributed by atoms with Crippen LogP contribution in [0.3, 0.4) is 0 Å². The van der Waals surface area contributed by atoms with Crippen LogP contribution in [0.1, 0.15) is 39.2 Å². The third-order valence-corrected chi connectivity index (χ3v) is 6.73. The second-order valence-electron chi connectivity index (χ2n) is 8.93. The molecule has 9 heteroatoms. The van der Waals surface area contributed by atoms with Crippen LogP contribution in [0.15, 0.2) is 54.6 Å². The number of carbonyl (C=O) groups excluding carboxylic acids is 2. The van der Waals surface area contributed by atoms with E-state index >= 15 is 0 Å². The maximum Gasteiger partial charge on any atom is 0.242 e. The first-order valence-corrected chi connectivity index (χ1v) is 13.6. The Morgan fingerprint density at radius 2 is 1.63 bits per heavy atom. The van der Waals surface area contributed by atoms with E-state index in [-0.39, 0.29) is 37.7 Å². The standard InChI is InChI=1S/C26H37N3O5S/c1-20(2)18-27-26(31)21(3)28(19-22-12-7-6-8-13-22)25(30)16-11-17-29(35(5,32)33)23-14-9-10-15-24(23)34-4/h6-10,12-15,20-21H,11,16-19H2,1-5H3,(H,27,31)/t21-/m0/s1. The Morgan fingerprint density at radius 1 is 1.00 bits per heavy atom. The first-order valence-electron chi connectivity index (χ1n) is 11.8. The van der Waals surface area contributed by atoms with E-state index in [9.17, 15) is 18.0 Å². The summed E-state index contributed by atoms with van der Waals surface area (Å²) >= 11 is 0. The van der Waals surface area contributed by atoms with Crippen molar-refractivity contribution in [2.24, 2.45) is 5.92 Å². The quantitative estimate of drug-likeness (QED) is 0.452. The van der Waals surface area contributed by atoms with Crippen LogP contribution in [-0.4, -0.2) is 57.6 Å². The Bertz CT molecular complexity index is 1070. The van der Waals surface area contributed by atoms with Gasteiger partial charge in [0.1, 0.15) is 11.8 Å². The van der Waals surface area contributed by atoms with Crippen LogP contribution >= 0.6 is 0 Å². The van der Waals surface area contributed by atoms with Crippen molar-refractivity contribution >= 4 is 27.5 Å². The van der Waals surface area contributed by atoms with E-state index < -0.39 is 16.1 Å². The number of methoxy groups -OCH3 is 1. The summed E-state index contributed by atoms with van der Waals surface area (Å²) < 4.78 is 31.6. The van der Waals surface area contributed by atoms with Crippen LogP contribution in [0.25, 0.3) is 0 Å². The number of rotatable bonds is 13. The molecule has 0 fully saturated rings. The van der Waals surface area contributed by atoms with Crippen molar-refractivity contribution in [2.45, 2.75) is 46.2 Å². The number of nitrogens with one attached hydrogen (secondary N) is 1. The van der Waals surface area contributed by atoms with E-state index in [0.717, 1.165) is 11.8 Å². The predicted molar refractivity (Wildman–Crippen MR) is 139 cm³/mol. The largest absolute Gasteiger partial charge is 0.495 e. The number of para-hydroxylation sites is 2. The number of nitrogens with zero attached hydrogens (tertiary/aromatic N) is 2. The van der Waals surface area contributed by atoms with E-state index in [1.54, 1.807) is 36.1 Å². The summed E-state index contributed by atoms with van der Waals surface area (Å²) in [5.41, 5.74) is 1.34. The molecule has 35 heavy (non-hydrogen) atoms. The molecule has 0 radical (unpaired) electrons. The van der Waals surface area contributed by atoms with Crippen LogP contribution in [0.5, 0.6) is 5.75 Å². The summed E-state index contributed by atoms with van der Waals surface area (Å²) in [6.45, 7) is 6.66. The van der Waals surface area contributed by atoms with Gasteiger partial charge in [-0.25, -0.2) is 8.42 Å². The zero-order chi connectivity index (χ0) is 26.0. The normalized spacial score (nSPS) is 12.2. The smallest absolute Gasteiger partial charge is 0.242 e. The highest BCUT2D eigenvalue weighted by atomic mass is 32.2. The molecule has 0 unspecified atom stereocenters. The summed E-state index contributed by atoms with van der Waals surface area (Å²) in [5, 5.41) is 2.90. The van der Waals surface area contributed by atoms with Gasteiger partial charge in [0.2, 0.25) is 21.8 Å². The third-order valence-electron chi connectivity index (χ3n) is 5.55. The van der Waals surface area contributed by atoms with Gasteiger partial charge >= 0.3 is 0 Å². The highest BCUT2D eigenvalue weighted by Gasteiger charge is 2.27. The van der Waals surface area contributed by atoms with Gasteiger partial charge in [0.05, 0.1) is 19.1 Å². The Morgan fingerprint density at radius 3 is 2.23 bits per heavy atom. The lowest BCUT2D eigenvalue weighted by Crippen LogP contribution is -2.48. The van der Waals surface area contributed by atoms with Gasteiger partial charge in [-0.2, -0.15) is 0 Å². The van der Waals surface area contributed by atoms with Crippen molar-refractivity contribution in [1.29, 1.82) is 0 Å². The molecule has 2 aromatic rings. The number of hydrogen-bond donors (Lipinski definition) is 1. The zero-order valence-corrected chi connectivity index (χ0v) is 22.0. The molecule has 0 saturated carbocycles. The highest BCUT2D eigenvalue weighted by molar-refractivity contribution is 7.92. The molecule has 0 aliphatic rings. The number of sulfonamides is 1. The molecular weight excluding hydrogens is 466 g/mol. The number of ether oxygens (including phenoxy) is 1. The van der Waals surface area contributed by atoms with E-state index in [2.05, 4.69) is 5.32 Å². The first kappa shape index (κ1) is 28.2. The predicted octanol–water partition coefficient (Wildman–Crippen LogP) is 3.43. The lowest BCUT2D eigenvalue weighted by Gasteiger charge is -2.30. The van der Waals surface area contributed by atoms with Gasteiger partial charge in [0.15, 0.2) is 0 Å². The van der Waals surface area contributed by atoms with Gasteiger partial charge in [-0.1, -0.05) is 56.3 Å². The fourth-order valence-electron chi connectivity index (χ4n) is 3.63. The van der Waals surface area contributed by atoms with Crippen LogP contribution in [-0.2, 0) is 26.2 Å². The van der Waals surface area contributed by atoms with E-state index in [4.69, 9.17) is 4.74 Å². The number of carbonyl (C=O) groups is 2. The van der Waals surface area contributed by atoms with Crippen LogP contribution in [0, 0.1) is 5.92 Å². The van der Waals surface area contributed by atoms with Gasteiger partial charge in [-0.05, 0) is 37.0 Å². The van der Waals surface area contributed by atoms with Gasteiger partial charge < -0.3 is 15.0 Å². The number of amides is 2. The van der Waals surface area contributed by atoms with E-state index in [1.807, 2.05) is 44.2 Å². The van der Waals surface area contributed by atoms with Gasteiger partial charge in [-0.15, -0.1) is 0 Å². The van der Waals surface area contributed by atoms with Crippen LogP contribution in [0.4, 0.5) is 5.69 Å². The average molecular weight is 504 g/mol. The van der Waals surface area contributed by atoms with Crippen molar-refractivity contribution < 1.29 is 22.7 Å². The molecule has 1 atom stereocenters. The molecule has 0 aromatic heterocycles.